The number of benzene rings is 1. The zero-order valence-corrected chi connectivity index (χ0v) is 14.1. The first-order chi connectivity index (χ1) is 12.1. The Morgan fingerprint density at radius 2 is 2.20 bits per heavy atom. The van der Waals surface area contributed by atoms with E-state index in [9.17, 15) is 14.0 Å². The van der Waals surface area contributed by atoms with Gasteiger partial charge in [-0.3, -0.25) is 9.69 Å². The van der Waals surface area contributed by atoms with E-state index in [1.165, 1.54) is 47.0 Å². The number of carbonyl (C=O) groups excluding carboxylic acids is 2. The number of nitrogens with zero attached hydrogens (tertiary/aromatic N) is 3. The molecule has 2 heterocycles. The molecule has 1 aromatic heterocycles. The molecule has 9 heteroatoms. The predicted molar refractivity (Wildman–Crippen MR) is 87.4 cm³/mol. The number of halogens is 1. The maximum atomic E-state index is 13.0. The fourth-order valence-electron chi connectivity index (χ4n) is 2.16. The molecule has 1 aliphatic rings. The van der Waals surface area contributed by atoms with Crippen molar-refractivity contribution in [2.24, 2.45) is 0 Å². The lowest BCUT2D eigenvalue weighted by Gasteiger charge is -2.13. The summed E-state index contributed by atoms with van der Waals surface area (Å²) in [5.41, 5.74) is 0.598. The summed E-state index contributed by atoms with van der Waals surface area (Å²) in [5, 5.41) is 4.31. The van der Waals surface area contributed by atoms with Crippen molar-refractivity contribution < 1.29 is 23.2 Å². The first kappa shape index (κ1) is 17.2. The van der Waals surface area contributed by atoms with Crippen LogP contribution in [-0.2, 0) is 20.9 Å². The highest BCUT2D eigenvalue weighted by Crippen LogP contribution is 2.30. The van der Waals surface area contributed by atoms with Crippen molar-refractivity contribution in [3.63, 3.8) is 0 Å². The van der Waals surface area contributed by atoms with Crippen molar-refractivity contribution in [1.29, 1.82) is 0 Å². The molecule has 1 aliphatic heterocycles. The minimum atomic E-state index is -0.512. The maximum absolute atomic E-state index is 13.0. The van der Waals surface area contributed by atoms with Gasteiger partial charge < -0.3 is 9.26 Å². The van der Waals surface area contributed by atoms with Gasteiger partial charge in [0.05, 0.1) is 23.5 Å². The van der Waals surface area contributed by atoms with Crippen LogP contribution in [0.1, 0.15) is 12.8 Å². The molecule has 0 N–H and O–H groups in total. The van der Waals surface area contributed by atoms with Crippen LogP contribution in [0.5, 0.6) is 0 Å². The Hall–Kier alpha value is -2.68. The van der Waals surface area contributed by atoms with E-state index >= 15 is 0 Å². The summed E-state index contributed by atoms with van der Waals surface area (Å²) in [6, 6.07) is 5.66. The number of aromatic nitrogens is 2. The van der Waals surface area contributed by atoms with Gasteiger partial charge in [0.2, 0.25) is 17.6 Å². The zero-order valence-electron chi connectivity index (χ0n) is 13.3. The van der Waals surface area contributed by atoms with Gasteiger partial charge in [0, 0.05) is 5.56 Å². The number of hydrogen-bond donors (Lipinski definition) is 0. The Morgan fingerprint density at radius 1 is 1.44 bits per heavy atom. The smallest absolute Gasteiger partial charge is 0.333 e. The van der Waals surface area contributed by atoms with E-state index in [0.717, 1.165) is 0 Å². The molecule has 0 atom stereocenters. The first-order valence-electron chi connectivity index (χ1n) is 7.47. The summed E-state index contributed by atoms with van der Waals surface area (Å²) in [5.74, 6) is -0.301. The van der Waals surface area contributed by atoms with Crippen LogP contribution < -0.4 is 0 Å². The van der Waals surface area contributed by atoms with E-state index in [2.05, 4.69) is 10.1 Å². The number of hydrogen-bond acceptors (Lipinski definition) is 7. The fraction of sp³-hybridized carbons (Fsp3) is 0.250. The minimum Gasteiger partial charge on any atom is -0.463 e. The molecule has 1 amide bonds. The Morgan fingerprint density at radius 3 is 2.92 bits per heavy atom. The van der Waals surface area contributed by atoms with Crippen molar-refractivity contribution in [2.45, 2.75) is 13.5 Å². The lowest BCUT2D eigenvalue weighted by atomic mass is 10.2. The van der Waals surface area contributed by atoms with Crippen LogP contribution >= 0.6 is 11.8 Å². The lowest BCUT2D eigenvalue weighted by Crippen LogP contribution is -2.24. The molecule has 25 heavy (non-hydrogen) atoms. The highest BCUT2D eigenvalue weighted by molar-refractivity contribution is 8.04. The predicted octanol–water partition coefficient (Wildman–Crippen LogP) is 2.36. The van der Waals surface area contributed by atoms with Gasteiger partial charge in [0.15, 0.2) is 0 Å². The summed E-state index contributed by atoms with van der Waals surface area (Å²) in [6.07, 6.45) is 1.27. The molecule has 0 bridgehead atoms. The molecule has 0 unspecified atom stereocenters. The van der Waals surface area contributed by atoms with Gasteiger partial charge in [-0.25, -0.2) is 9.18 Å². The molecule has 0 saturated carbocycles. The second-order valence-corrected chi connectivity index (χ2v) is 6.02. The van der Waals surface area contributed by atoms with Gasteiger partial charge in [-0.15, -0.1) is 0 Å². The molecule has 0 aliphatic carbocycles. The second-order valence-electron chi connectivity index (χ2n) is 5.02. The zero-order chi connectivity index (χ0) is 17.8. The third kappa shape index (κ3) is 4.05. The Balaban J connectivity index is 1.75. The second kappa shape index (κ2) is 7.47. The van der Waals surface area contributed by atoms with E-state index in [-0.39, 0.29) is 36.5 Å². The summed E-state index contributed by atoms with van der Waals surface area (Å²) in [6.45, 7) is 2.01. The maximum Gasteiger partial charge on any atom is 0.333 e. The van der Waals surface area contributed by atoms with Gasteiger partial charge in [0.1, 0.15) is 12.4 Å². The monoisotopic (exact) mass is 363 g/mol. The van der Waals surface area contributed by atoms with Gasteiger partial charge in [-0.1, -0.05) is 16.9 Å². The van der Waals surface area contributed by atoms with Crippen molar-refractivity contribution in [3.05, 3.63) is 47.1 Å². The number of amides is 1. The molecule has 0 radical (unpaired) electrons. The van der Waals surface area contributed by atoms with Crippen LogP contribution in [0.15, 0.2) is 39.9 Å². The molecule has 130 valence electrons. The molecule has 7 nitrogen and oxygen atoms in total. The van der Waals surface area contributed by atoms with Gasteiger partial charge in [-0.05, 0) is 31.2 Å². The number of esters is 1. The third-order valence-corrected chi connectivity index (χ3v) is 4.33. The quantitative estimate of drug-likeness (QED) is 0.595. The number of rotatable bonds is 5. The average Bonchev–Trinajstić information content (AvgIpc) is 3.18. The lowest BCUT2D eigenvalue weighted by molar-refractivity contribution is -0.137. The van der Waals surface area contributed by atoms with Gasteiger partial charge >= 0.3 is 5.97 Å². The van der Waals surface area contributed by atoms with Gasteiger partial charge in [0.25, 0.3) is 0 Å². The highest BCUT2D eigenvalue weighted by Gasteiger charge is 2.29. The number of ether oxygens (including phenoxy) is 1. The summed E-state index contributed by atoms with van der Waals surface area (Å²) >= 11 is 1.24. The van der Waals surface area contributed by atoms with Crippen molar-refractivity contribution in [2.75, 3.05) is 12.4 Å². The minimum absolute atomic E-state index is 0.0469. The molecule has 1 fully saturated rings. The highest BCUT2D eigenvalue weighted by atomic mass is 32.2. The van der Waals surface area contributed by atoms with Crippen LogP contribution in [0.2, 0.25) is 0 Å². The van der Waals surface area contributed by atoms with Crippen LogP contribution in [-0.4, -0.2) is 39.3 Å². The standard InChI is InChI=1S/C16H14FN3O4S/c1-2-23-15(22)7-14-20(13(21)9-25-14)8-12-18-16(19-24-12)10-3-5-11(17)6-4-10/h3-7H,2,8-9H2,1H3/b14-7-. The molecular formula is C16H14FN3O4S. The Kier molecular flexibility index (Phi) is 5.13. The van der Waals surface area contributed by atoms with Crippen molar-refractivity contribution >= 4 is 23.6 Å². The molecule has 3 rings (SSSR count). The fourth-order valence-corrected chi connectivity index (χ4v) is 3.08. The van der Waals surface area contributed by atoms with E-state index in [1.54, 1.807) is 6.92 Å². The van der Waals surface area contributed by atoms with Crippen molar-refractivity contribution in [3.8, 4) is 11.4 Å². The van der Waals surface area contributed by atoms with Crippen LogP contribution in [0.3, 0.4) is 0 Å². The Bertz CT molecular complexity index is 819. The molecular weight excluding hydrogens is 349 g/mol. The summed E-state index contributed by atoms with van der Waals surface area (Å²) in [7, 11) is 0. The average molecular weight is 363 g/mol. The van der Waals surface area contributed by atoms with Crippen LogP contribution in [0.4, 0.5) is 4.39 Å². The topological polar surface area (TPSA) is 85.5 Å². The third-order valence-electron chi connectivity index (χ3n) is 3.30. The van der Waals surface area contributed by atoms with Crippen LogP contribution in [0.25, 0.3) is 11.4 Å². The van der Waals surface area contributed by atoms with E-state index in [0.29, 0.717) is 16.4 Å². The van der Waals surface area contributed by atoms with E-state index in [4.69, 9.17) is 9.26 Å². The van der Waals surface area contributed by atoms with E-state index < -0.39 is 5.97 Å². The largest absolute Gasteiger partial charge is 0.463 e. The van der Waals surface area contributed by atoms with Crippen molar-refractivity contribution in [1.82, 2.24) is 15.0 Å². The molecule has 1 aromatic carbocycles. The van der Waals surface area contributed by atoms with Gasteiger partial charge in [-0.2, -0.15) is 4.98 Å². The Labute approximate surface area is 146 Å². The van der Waals surface area contributed by atoms with Crippen LogP contribution in [0, 0.1) is 5.82 Å². The summed E-state index contributed by atoms with van der Waals surface area (Å²) in [4.78, 5) is 29.2. The molecule has 1 saturated heterocycles. The molecule has 0 spiro atoms. The number of thioether (sulfide) groups is 1. The normalized spacial score (nSPS) is 15.8. The first-order valence-corrected chi connectivity index (χ1v) is 8.45. The summed E-state index contributed by atoms with van der Waals surface area (Å²) < 4.78 is 23.0. The van der Waals surface area contributed by atoms with E-state index in [1.807, 2.05) is 0 Å². The SMILES string of the molecule is CCOC(=O)/C=C1\SCC(=O)N1Cc1nc(-c2ccc(F)cc2)no1. The molecule has 2 aromatic rings. The number of carbonyl (C=O) groups is 2.